The summed E-state index contributed by atoms with van der Waals surface area (Å²) in [5, 5.41) is 15.2. The molecule has 160 valence electrons. The molecule has 32 heavy (non-hydrogen) atoms. The number of fused-ring (bicyclic) bond motifs is 1. The van der Waals surface area contributed by atoms with Gasteiger partial charge >= 0.3 is 0 Å². The van der Waals surface area contributed by atoms with Crippen LogP contribution in [0.15, 0.2) is 78.9 Å². The summed E-state index contributed by atoms with van der Waals surface area (Å²) in [7, 11) is -3.58. The number of para-hydroxylation sites is 1. The summed E-state index contributed by atoms with van der Waals surface area (Å²) in [6.45, 7) is -0.276. The highest BCUT2D eigenvalue weighted by Gasteiger charge is 2.28. The van der Waals surface area contributed by atoms with Gasteiger partial charge in [0.1, 0.15) is 6.54 Å². The van der Waals surface area contributed by atoms with Crippen LogP contribution in [0.2, 0.25) is 0 Å². The summed E-state index contributed by atoms with van der Waals surface area (Å²) >= 11 is 0. The fourth-order valence-corrected chi connectivity index (χ4v) is 4.37. The van der Waals surface area contributed by atoms with E-state index in [-0.39, 0.29) is 12.5 Å². The first-order valence-corrected chi connectivity index (χ1v) is 11.7. The third-order valence-corrected chi connectivity index (χ3v) is 6.16. The predicted molar refractivity (Wildman–Crippen MR) is 126 cm³/mol. The number of nitrogens with one attached hydrogen (secondary N) is 2. The number of benzene rings is 3. The molecule has 0 atom stereocenters. The normalized spacial score (nSPS) is 14.2. The quantitative estimate of drug-likeness (QED) is 0.443. The van der Waals surface area contributed by atoms with Crippen LogP contribution in [0.5, 0.6) is 0 Å². The van der Waals surface area contributed by atoms with Gasteiger partial charge in [0.25, 0.3) is 5.91 Å². The number of carbonyl (C=O) groups excluding carboxylic acids is 1. The van der Waals surface area contributed by atoms with E-state index in [9.17, 15) is 13.2 Å². The first kappa shape index (κ1) is 21.2. The topological polar surface area (TPSA) is 102 Å². The van der Waals surface area contributed by atoms with Crippen molar-refractivity contribution >= 4 is 44.3 Å². The lowest BCUT2D eigenvalue weighted by Crippen LogP contribution is -2.30. The van der Waals surface area contributed by atoms with Crippen molar-refractivity contribution in [3.8, 4) is 6.07 Å². The van der Waals surface area contributed by atoms with Crippen LogP contribution in [0, 0.1) is 11.3 Å². The standard InChI is InChI=1S/C24H20N4O3S/c1-32(30,31)28(16-15-25)19-13-11-18(12-14-19)26-23(17-7-3-2-4-8-17)22-20-9-5-6-10-21(20)27-24(22)29/h2-14,26H,16H2,1H3,(H,27,29)/b23-22-. The lowest BCUT2D eigenvalue weighted by Gasteiger charge is -2.20. The SMILES string of the molecule is CS(=O)(=O)N(CC#N)c1ccc(N/C(=C2\C(=O)Nc3ccccc32)c2ccccc2)cc1. The number of hydrogen-bond donors (Lipinski definition) is 2. The molecule has 0 saturated carbocycles. The fourth-order valence-electron chi connectivity index (χ4n) is 3.57. The van der Waals surface area contributed by atoms with Crippen molar-refractivity contribution in [3.63, 3.8) is 0 Å². The first-order chi connectivity index (χ1) is 15.4. The molecule has 1 heterocycles. The summed E-state index contributed by atoms with van der Waals surface area (Å²) in [4.78, 5) is 12.8. The average molecular weight is 445 g/mol. The number of anilines is 3. The lowest BCUT2D eigenvalue weighted by molar-refractivity contribution is -0.110. The molecule has 0 radical (unpaired) electrons. The second kappa shape index (κ2) is 8.57. The Morgan fingerprint density at radius 2 is 1.66 bits per heavy atom. The molecule has 3 aromatic rings. The first-order valence-electron chi connectivity index (χ1n) is 9.80. The molecule has 2 N–H and O–H groups in total. The number of nitrogens with zero attached hydrogens (tertiary/aromatic N) is 2. The van der Waals surface area contributed by atoms with Gasteiger partial charge in [-0.05, 0) is 35.9 Å². The third-order valence-electron chi connectivity index (χ3n) is 5.02. The molecule has 0 fully saturated rings. The molecule has 0 aromatic heterocycles. The van der Waals surface area contributed by atoms with Gasteiger partial charge in [0, 0.05) is 16.9 Å². The van der Waals surface area contributed by atoms with E-state index in [2.05, 4.69) is 10.6 Å². The van der Waals surface area contributed by atoms with E-state index in [4.69, 9.17) is 5.26 Å². The van der Waals surface area contributed by atoms with Gasteiger partial charge in [-0.2, -0.15) is 5.26 Å². The molecular formula is C24H20N4O3S. The summed E-state index contributed by atoms with van der Waals surface area (Å²) in [6.07, 6.45) is 1.06. The van der Waals surface area contributed by atoms with E-state index in [0.717, 1.165) is 27.4 Å². The Labute approximate surface area is 186 Å². The largest absolute Gasteiger partial charge is 0.354 e. The summed E-state index contributed by atoms with van der Waals surface area (Å²) in [5.74, 6) is -0.202. The van der Waals surface area contributed by atoms with Gasteiger partial charge in [-0.3, -0.25) is 9.10 Å². The molecule has 0 bridgehead atoms. The molecule has 0 aliphatic carbocycles. The van der Waals surface area contributed by atoms with Gasteiger partial charge in [0.2, 0.25) is 10.0 Å². The lowest BCUT2D eigenvalue weighted by atomic mass is 10.00. The third kappa shape index (κ3) is 4.19. The zero-order chi connectivity index (χ0) is 22.7. The molecule has 7 nitrogen and oxygen atoms in total. The fraction of sp³-hybridized carbons (Fsp3) is 0.0833. The van der Waals surface area contributed by atoms with Crippen molar-refractivity contribution in [2.75, 3.05) is 27.7 Å². The number of amides is 1. The molecule has 0 spiro atoms. The maximum Gasteiger partial charge on any atom is 0.258 e. The maximum atomic E-state index is 12.8. The van der Waals surface area contributed by atoms with Gasteiger partial charge < -0.3 is 10.6 Å². The van der Waals surface area contributed by atoms with Gasteiger partial charge in [0.05, 0.1) is 29.3 Å². The number of nitriles is 1. The van der Waals surface area contributed by atoms with Crippen molar-refractivity contribution in [3.05, 3.63) is 90.0 Å². The van der Waals surface area contributed by atoms with Crippen LogP contribution in [0.1, 0.15) is 11.1 Å². The number of carbonyl (C=O) groups is 1. The molecule has 1 amide bonds. The minimum Gasteiger partial charge on any atom is -0.354 e. The summed E-state index contributed by atoms with van der Waals surface area (Å²) < 4.78 is 25.0. The summed E-state index contributed by atoms with van der Waals surface area (Å²) in [5.41, 5.74) is 4.60. The average Bonchev–Trinajstić information content (AvgIpc) is 3.12. The Morgan fingerprint density at radius 1 is 1.00 bits per heavy atom. The van der Waals surface area contributed by atoms with Crippen LogP contribution in [-0.2, 0) is 14.8 Å². The molecule has 0 unspecified atom stereocenters. The minimum absolute atomic E-state index is 0.202. The molecule has 0 saturated heterocycles. The molecule has 8 heteroatoms. The second-order valence-corrected chi connectivity index (χ2v) is 9.12. The second-order valence-electron chi connectivity index (χ2n) is 7.22. The Morgan fingerprint density at radius 3 is 2.31 bits per heavy atom. The molecule has 3 aromatic carbocycles. The van der Waals surface area contributed by atoms with Crippen LogP contribution < -0.4 is 14.9 Å². The Balaban J connectivity index is 1.76. The highest BCUT2D eigenvalue weighted by atomic mass is 32.2. The summed E-state index contributed by atoms with van der Waals surface area (Å²) in [6, 6.07) is 25.6. The molecule has 4 rings (SSSR count). The van der Waals surface area contributed by atoms with Crippen molar-refractivity contribution in [2.45, 2.75) is 0 Å². The number of hydrogen-bond acceptors (Lipinski definition) is 5. The molecular weight excluding hydrogens is 424 g/mol. The predicted octanol–water partition coefficient (Wildman–Crippen LogP) is 3.91. The van der Waals surface area contributed by atoms with Gasteiger partial charge in [0.15, 0.2) is 0 Å². The Kier molecular flexibility index (Phi) is 5.67. The van der Waals surface area contributed by atoms with Crippen molar-refractivity contribution in [1.29, 1.82) is 5.26 Å². The smallest absolute Gasteiger partial charge is 0.258 e. The van der Waals surface area contributed by atoms with Gasteiger partial charge in [-0.1, -0.05) is 48.5 Å². The number of sulfonamides is 1. The van der Waals surface area contributed by atoms with Crippen molar-refractivity contribution in [2.24, 2.45) is 0 Å². The monoisotopic (exact) mass is 444 g/mol. The zero-order valence-electron chi connectivity index (χ0n) is 17.2. The van der Waals surface area contributed by atoms with Crippen LogP contribution in [0.4, 0.5) is 17.1 Å². The van der Waals surface area contributed by atoms with Crippen LogP contribution in [0.3, 0.4) is 0 Å². The number of rotatable bonds is 6. The van der Waals surface area contributed by atoms with Crippen molar-refractivity contribution < 1.29 is 13.2 Å². The van der Waals surface area contributed by atoms with Gasteiger partial charge in [-0.25, -0.2) is 8.42 Å². The van der Waals surface area contributed by atoms with Crippen LogP contribution in [-0.4, -0.2) is 27.1 Å². The van der Waals surface area contributed by atoms with Gasteiger partial charge in [-0.15, -0.1) is 0 Å². The van der Waals surface area contributed by atoms with E-state index >= 15 is 0 Å². The Bertz CT molecular complexity index is 1340. The minimum atomic E-state index is -3.58. The zero-order valence-corrected chi connectivity index (χ0v) is 18.1. The van der Waals surface area contributed by atoms with Crippen LogP contribution >= 0.6 is 0 Å². The van der Waals surface area contributed by atoms with Crippen LogP contribution in [0.25, 0.3) is 11.3 Å². The van der Waals surface area contributed by atoms with E-state index in [1.54, 1.807) is 24.3 Å². The van der Waals surface area contributed by atoms with E-state index < -0.39 is 10.0 Å². The highest BCUT2D eigenvalue weighted by molar-refractivity contribution is 7.92. The Hall–Kier alpha value is -4.09. The highest BCUT2D eigenvalue weighted by Crippen LogP contribution is 2.37. The maximum absolute atomic E-state index is 12.8. The van der Waals surface area contributed by atoms with E-state index in [1.807, 2.05) is 60.7 Å². The van der Waals surface area contributed by atoms with E-state index in [1.165, 1.54) is 0 Å². The van der Waals surface area contributed by atoms with E-state index in [0.29, 0.717) is 22.6 Å². The molecule has 1 aliphatic rings. The molecule has 1 aliphatic heterocycles. The van der Waals surface area contributed by atoms with Crippen molar-refractivity contribution in [1.82, 2.24) is 0 Å².